The summed E-state index contributed by atoms with van der Waals surface area (Å²) in [6, 6.07) is 13.8. The molecule has 4 nitrogen and oxygen atoms in total. The minimum absolute atomic E-state index is 0.259. The number of anilines is 2. The van der Waals surface area contributed by atoms with E-state index in [-0.39, 0.29) is 4.90 Å². The molecule has 0 amide bonds. The van der Waals surface area contributed by atoms with Gasteiger partial charge in [0.2, 0.25) is 0 Å². The summed E-state index contributed by atoms with van der Waals surface area (Å²) in [6.45, 7) is 3.98. The molecule has 0 fully saturated rings. The molecule has 0 saturated carbocycles. The van der Waals surface area contributed by atoms with Gasteiger partial charge in [-0.3, -0.25) is 4.31 Å². The number of para-hydroxylation sites is 1. The first kappa shape index (κ1) is 14.4. The first-order chi connectivity index (χ1) is 9.46. The van der Waals surface area contributed by atoms with Gasteiger partial charge in [0.25, 0.3) is 10.0 Å². The van der Waals surface area contributed by atoms with E-state index < -0.39 is 10.0 Å². The fourth-order valence-corrected chi connectivity index (χ4v) is 3.58. The van der Waals surface area contributed by atoms with Crippen LogP contribution >= 0.6 is 0 Å². The summed E-state index contributed by atoms with van der Waals surface area (Å²) in [6.07, 6.45) is 0. The van der Waals surface area contributed by atoms with Gasteiger partial charge in [0.1, 0.15) is 0 Å². The Bertz CT molecular complexity index is 697. The molecule has 2 aromatic rings. The van der Waals surface area contributed by atoms with Crippen LogP contribution in [0.15, 0.2) is 53.4 Å². The lowest BCUT2D eigenvalue weighted by molar-refractivity contribution is 0.592. The number of sulfonamides is 1. The van der Waals surface area contributed by atoms with Crippen molar-refractivity contribution in [1.82, 2.24) is 0 Å². The molecule has 0 aliphatic rings. The van der Waals surface area contributed by atoms with Crippen LogP contribution in [0.2, 0.25) is 0 Å². The molecule has 5 heteroatoms. The van der Waals surface area contributed by atoms with Crippen LogP contribution < -0.4 is 10.0 Å². The molecule has 2 N–H and O–H groups in total. The van der Waals surface area contributed by atoms with E-state index >= 15 is 0 Å². The second-order valence-corrected chi connectivity index (χ2v) is 6.39. The van der Waals surface area contributed by atoms with Crippen LogP contribution in [0.3, 0.4) is 0 Å². The van der Waals surface area contributed by atoms with Gasteiger partial charge in [-0.2, -0.15) is 0 Å². The predicted octanol–water partition coefficient (Wildman–Crippen LogP) is 2.79. The Morgan fingerprint density at radius 1 is 1.10 bits per heavy atom. The number of hydrogen-bond acceptors (Lipinski definition) is 3. The second-order valence-electron chi connectivity index (χ2n) is 4.52. The Hall–Kier alpha value is -2.01. The Kier molecular flexibility index (Phi) is 3.99. The molecular weight excluding hydrogens is 272 g/mol. The van der Waals surface area contributed by atoms with Crippen LogP contribution in [0.5, 0.6) is 0 Å². The van der Waals surface area contributed by atoms with Crippen molar-refractivity contribution in [3.8, 4) is 0 Å². The smallest absolute Gasteiger partial charge is 0.264 e. The molecule has 0 atom stereocenters. The standard InChI is InChI=1S/C15H18N2O2S/c1-3-17(13-7-5-4-6-8-13)20(18,19)14-9-10-15(16)12(2)11-14/h4-11H,3,16H2,1-2H3. The van der Waals surface area contributed by atoms with E-state index in [0.29, 0.717) is 17.9 Å². The van der Waals surface area contributed by atoms with Gasteiger partial charge in [-0.05, 0) is 49.7 Å². The Morgan fingerprint density at radius 3 is 2.30 bits per heavy atom. The molecule has 0 unspecified atom stereocenters. The molecule has 0 aliphatic heterocycles. The quantitative estimate of drug-likeness (QED) is 0.881. The summed E-state index contributed by atoms with van der Waals surface area (Å²) in [7, 11) is -3.57. The second kappa shape index (κ2) is 5.54. The highest BCUT2D eigenvalue weighted by molar-refractivity contribution is 7.92. The molecule has 2 aromatic carbocycles. The van der Waals surface area contributed by atoms with E-state index in [9.17, 15) is 8.42 Å². The lowest BCUT2D eigenvalue weighted by Gasteiger charge is -2.23. The summed E-state index contributed by atoms with van der Waals surface area (Å²) in [5.74, 6) is 0. The average Bonchev–Trinajstić information content (AvgIpc) is 2.43. The van der Waals surface area contributed by atoms with E-state index in [2.05, 4.69) is 0 Å². The molecule has 0 radical (unpaired) electrons. The monoisotopic (exact) mass is 290 g/mol. The molecule has 0 aromatic heterocycles. The molecule has 106 valence electrons. The fourth-order valence-electron chi connectivity index (χ4n) is 2.02. The molecular formula is C15H18N2O2S. The number of nitrogen functional groups attached to an aromatic ring is 1. The van der Waals surface area contributed by atoms with Crippen molar-refractivity contribution in [3.05, 3.63) is 54.1 Å². The zero-order valence-electron chi connectivity index (χ0n) is 11.6. The number of nitrogens with two attached hydrogens (primary N) is 1. The molecule has 0 bridgehead atoms. The highest BCUT2D eigenvalue weighted by Crippen LogP contribution is 2.25. The van der Waals surface area contributed by atoms with Crippen LogP contribution in [0.25, 0.3) is 0 Å². The lowest BCUT2D eigenvalue weighted by Crippen LogP contribution is -2.30. The maximum atomic E-state index is 12.7. The van der Waals surface area contributed by atoms with Crippen LogP contribution in [0.4, 0.5) is 11.4 Å². The van der Waals surface area contributed by atoms with Gasteiger partial charge in [-0.15, -0.1) is 0 Å². The van der Waals surface area contributed by atoms with Crippen molar-refractivity contribution in [3.63, 3.8) is 0 Å². The third kappa shape index (κ3) is 2.63. The number of hydrogen-bond donors (Lipinski definition) is 1. The molecule has 0 saturated heterocycles. The highest BCUT2D eigenvalue weighted by atomic mass is 32.2. The van der Waals surface area contributed by atoms with Crippen molar-refractivity contribution in [2.45, 2.75) is 18.7 Å². The third-order valence-electron chi connectivity index (χ3n) is 3.16. The van der Waals surface area contributed by atoms with Gasteiger partial charge in [0.15, 0.2) is 0 Å². The lowest BCUT2D eigenvalue weighted by atomic mass is 10.2. The van der Waals surface area contributed by atoms with Crippen molar-refractivity contribution in [2.24, 2.45) is 0 Å². The van der Waals surface area contributed by atoms with Crippen LogP contribution in [0.1, 0.15) is 12.5 Å². The number of aryl methyl sites for hydroxylation is 1. The number of nitrogens with zero attached hydrogens (tertiary/aromatic N) is 1. The topological polar surface area (TPSA) is 63.4 Å². The molecule has 0 aliphatic carbocycles. The van der Waals surface area contributed by atoms with Crippen LogP contribution in [-0.2, 0) is 10.0 Å². The largest absolute Gasteiger partial charge is 0.399 e. The minimum Gasteiger partial charge on any atom is -0.399 e. The summed E-state index contributed by atoms with van der Waals surface area (Å²) < 4.78 is 26.8. The first-order valence-corrected chi connectivity index (χ1v) is 7.84. The number of rotatable bonds is 4. The number of benzene rings is 2. The van der Waals surface area contributed by atoms with Gasteiger partial charge in [-0.25, -0.2) is 8.42 Å². The molecule has 2 rings (SSSR count). The van der Waals surface area contributed by atoms with Crippen molar-refractivity contribution >= 4 is 21.4 Å². The predicted molar refractivity (Wildman–Crippen MR) is 82.2 cm³/mol. The third-order valence-corrected chi connectivity index (χ3v) is 5.06. The maximum absolute atomic E-state index is 12.7. The van der Waals surface area contributed by atoms with E-state index in [1.165, 1.54) is 4.31 Å². The fraction of sp³-hybridized carbons (Fsp3) is 0.200. The van der Waals surface area contributed by atoms with E-state index in [1.807, 2.05) is 25.1 Å². The Balaban J connectivity index is 2.50. The van der Waals surface area contributed by atoms with Crippen LogP contribution in [-0.4, -0.2) is 15.0 Å². The van der Waals surface area contributed by atoms with Gasteiger partial charge in [0, 0.05) is 12.2 Å². The normalized spacial score (nSPS) is 11.3. The minimum atomic E-state index is -3.57. The van der Waals surface area contributed by atoms with Gasteiger partial charge in [-0.1, -0.05) is 18.2 Å². The Morgan fingerprint density at radius 2 is 1.75 bits per heavy atom. The SMILES string of the molecule is CCN(c1ccccc1)S(=O)(=O)c1ccc(N)c(C)c1. The first-order valence-electron chi connectivity index (χ1n) is 6.40. The molecule has 20 heavy (non-hydrogen) atoms. The van der Waals surface area contributed by atoms with E-state index in [1.54, 1.807) is 37.3 Å². The van der Waals surface area contributed by atoms with E-state index in [0.717, 1.165) is 5.56 Å². The molecule has 0 heterocycles. The van der Waals surface area contributed by atoms with Gasteiger partial charge < -0.3 is 5.73 Å². The average molecular weight is 290 g/mol. The molecule has 0 spiro atoms. The summed E-state index contributed by atoms with van der Waals surface area (Å²) >= 11 is 0. The van der Waals surface area contributed by atoms with Crippen molar-refractivity contribution in [2.75, 3.05) is 16.6 Å². The zero-order chi connectivity index (χ0) is 14.8. The Labute approximate surface area is 119 Å². The maximum Gasteiger partial charge on any atom is 0.264 e. The van der Waals surface area contributed by atoms with E-state index in [4.69, 9.17) is 5.73 Å². The van der Waals surface area contributed by atoms with Crippen LogP contribution in [0, 0.1) is 6.92 Å². The van der Waals surface area contributed by atoms with Gasteiger partial charge in [0.05, 0.1) is 10.6 Å². The van der Waals surface area contributed by atoms with Gasteiger partial charge >= 0.3 is 0 Å². The summed E-state index contributed by atoms with van der Waals surface area (Å²) in [5.41, 5.74) is 7.75. The van der Waals surface area contributed by atoms with Crippen molar-refractivity contribution < 1.29 is 8.42 Å². The highest BCUT2D eigenvalue weighted by Gasteiger charge is 2.23. The van der Waals surface area contributed by atoms with Crippen molar-refractivity contribution in [1.29, 1.82) is 0 Å². The zero-order valence-corrected chi connectivity index (χ0v) is 12.4. The summed E-state index contributed by atoms with van der Waals surface area (Å²) in [5, 5.41) is 0. The summed E-state index contributed by atoms with van der Waals surface area (Å²) in [4.78, 5) is 0.259.